The molecule has 2 heteroatoms. The number of nitrogens with zero attached hydrogens (tertiary/aromatic N) is 1. The molecule has 2 fully saturated rings. The van der Waals surface area contributed by atoms with Crippen LogP contribution in [-0.2, 0) is 0 Å². The SMILES string of the molecule is C#CC1(O)CC(C)N(C)C2(C)CCCCC12. The summed E-state index contributed by atoms with van der Waals surface area (Å²) in [7, 11) is 2.18. The smallest absolute Gasteiger partial charge is 0.131 e. The van der Waals surface area contributed by atoms with Gasteiger partial charge >= 0.3 is 0 Å². The van der Waals surface area contributed by atoms with E-state index in [1.807, 2.05) is 0 Å². The van der Waals surface area contributed by atoms with Gasteiger partial charge in [0.1, 0.15) is 5.60 Å². The first-order valence-corrected chi connectivity index (χ1v) is 6.37. The summed E-state index contributed by atoms with van der Waals surface area (Å²) in [5, 5.41) is 10.7. The average molecular weight is 221 g/mol. The maximum absolute atomic E-state index is 10.7. The molecule has 2 rings (SSSR count). The van der Waals surface area contributed by atoms with Gasteiger partial charge in [0.05, 0.1) is 0 Å². The number of aliphatic hydroxyl groups is 1. The van der Waals surface area contributed by atoms with Crippen molar-refractivity contribution in [2.75, 3.05) is 7.05 Å². The van der Waals surface area contributed by atoms with Crippen molar-refractivity contribution in [2.45, 2.75) is 63.1 Å². The highest BCUT2D eigenvalue weighted by Gasteiger charge is 2.55. The molecule has 1 heterocycles. The zero-order valence-corrected chi connectivity index (χ0v) is 10.7. The van der Waals surface area contributed by atoms with E-state index in [9.17, 15) is 5.11 Å². The van der Waals surface area contributed by atoms with Crippen LogP contribution in [0.5, 0.6) is 0 Å². The van der Waals surface area contributed by atoms with E-state index in [4.69, 9.17) is 6.42 Å². The van der Waals surface area contributed by atoms with Crippen molar-refractivity contribution < 1.29 is 5.11 Å². The molecule has 4 atom stereocenters. The predicted molar refractivity (Wildman–Crippen MR) is 66.0 cm³/mol. The van der Waals surface area contributed by atoms with Gasteiger partial charge < -0.3 is 5.11 Å². The molecular formula is C14H23NO. The molecule has 0 spiro atoms. The molecule has 0 amide bonds. The molecule has 2 aliphatic rings. The van der Waals surface area contributed by atoms with Gasteiger partial charge in [0.2, 0.25) is 0 Å². The largest absolute Gasteiger partial charge is 0.377 e. The molecule has 0 aromatic rings. The summed E-state index contributed by atoms with van der Waals surface area (Å²) in [6, 6.07) is 0.361. The summed E-state index contributed by atoms with van der Waals surface area (Å²) >= 11 is 0. The molecule has 0 aromatic heterocycles. The first kappa shape index (κ1) is 12.0. The van der Waals surface area contributed by atoms with Crippen LogP contribution in [0, 0.1) is 18.3 Å². The van der Waals surface area contributed by atoms with Crippen LogP contribution >= 0.6 is 0 Å². The summed E-state index contributed by atoms with van der Waals surface area (Å²) in [6.07, 6.45) is 11.0. The molecule has 0 aromatic carbocycles. The second-order valence-electron chi connectivity index (χ2n) is 5.89. The van der Waals surface area contributed by atoms with Crippen molar-refractivity contribution in [3.05, 3.63) is 0 Å². The molecule has 1 aliphatic heterocycles. The molecule has 1 saturated heterocycles. The van der Waals surface area contributed by atoms with E-state index in [1.165, 1.54) is 12.8 Å². The van der Waals surface area contributed by atoms with Gasteiger partial charge in [-0.15, -0.1) is 6.42 Å². The van der Waals surface area contributed by atoms with Crippen molar-refractivity contribution >= 4 is 0 Å². The molecule has 90 valence electrons. The van der Waals surface area contributed by atoms with Gasteiger partial charge in [-0.2, -0.15) is 0 Å². The van der Waals surface area contributed by atoms with Crippen LogP contribution in [0.3, 0.4) is 0 Å². The Balaban J connectivity index is 2.39. The molecule has 1 aliphatic carbocycles. The fourth-order valence-corrected chi connectivity index (χ4v) is 3.88. The number of fused-ring (bicyclic) bond motifs is 1. The molecule has 0 bridgehead atoms. The van der Waals surface area contributed by atoms with E-state index in [0.29, 0.717) is 12.5 Å². The Kier molecular flexibility index (Phi) is 2.80. The van der Waals surface area contributed by atoms with Crippen molar-refractivity contribution in [2.24, 2.45) is 5.92 Å². The fraction of sp³-hybridized carbons (Fsp3) is 0.857. The number of terminal acetylenes is 1. The van der Waals surface area contributed by atoms with Gasteiger partial charge in [0.15, 0.2) is 0 Å². The number of hydrogen-bond donors (Lipinski definition) is 1. The Morgan fingerprint density at radius 3 is 2.75 bits per heavy atom. The van der Waals surface area contributed by atoms with E-state index in [1.54, 1.807) is 0 Å². The van der Waals surface area contributed by atoms with Crippen molar-refractivity contribution in [1.82, 2.24) is 4.90 Å². The predicted octanol–water partition coefficient (Wildman–Crippen LogP) is 2.02. The Morgan fingerprint density at radius 2 is 2.12 bits per heavy atom. The summed E-state index contributed by atoms with van der Waals surface area (Å²) in [5.74, 6) is 2.92. The van der Waals surface area contributed by atoms with E-state index < -0.39 is 5.60 Å². The minimum absolute atomic E-state index is 0.0804. The average Bonchev–Trinajstić information content (AvgIpc) is 2.26. The Bertz CT molecular complexity index is 321. The highest BCUT2D eigenvalue weighted by Crippen LogP contribution is 2.49. The number of piperidine rings is 1. The van der Waals surface area contributed by atoms with Gasteiger partial charge in [-0.1, -0.05) is 18.8 Å². The zero-order valence-electron chi connectivity index (χ0n) is 10.7. The lowest BCUT2D eigenvalue weighted by Gasteiger charge is -2.59. The highest BCUT2D eigenvalue weighted by molar-refractivity contribution is 5.20. The second-order valence-corrected chi connectivity index (χ2v) is 5.89. The second kappa shape index (κ2) is 3.75. The first-order valence-electron chi connectivity index (χ1n) is 6.37. The maximum Gasteiger partial charge on any atom is 0.131 e. The minimum atomic E-state index is -0.888. The Morgan fingerprint density at radius 1 is 1.44 bits per heavy atom. The standard InChI is InChI=1S/C14H23NO/c1-5-14(16)10-11(2)15(4)13(3)9-7-6-8-12(13)14/h1,11-12,16H,6-10H2,2-4H3. The fourth-order valence-electron chi connectivity index (χ4n) is 3.88. The van der Waals surface area contributed by atoms with Crippen LogP contribution in [0.1, 0.15) is 46.0 Å². The van der Waals surface area contributed by atoms with Crippen molar-refractivity contribution in [1.29, 1.82) is 0 Å². The van der Waals surface area contributed by atoms with Crippen LogP contribution in [0.4, 0.5) is 0 Å². The third kappa shape index (κ3) is 1.49. The zero-order chi connectivity index (χ0) is 12.0. The third-order valence-electron chi connectivity index (χ3n) is 5.08. The third-order valence-corrected chi connectivity index (χ3v) is 5.08. The normalized spacial score (nSPS) is 49.4. The monoisotopic (exact) mass is 221 g/mol. The van der Waals surface area contributed by atoms with Gasteiger partial charge in [0.25, 0.3) is 0 Å². The van der Waals surface area contributed by atoms with E-state index in [-0.39, 0.29) is 11.5 Å². The van der Waals surface area contributed by atoms with Gasteiger partial charge in [0, 0.05) is 23.9 Å². The van der Waals surface area contributed by atoms with Crippen molar-refractivity contribution in [3.63, 3.8) is 0 Å². The lowest BCUT2D eigenvalue weighted by Crippen LogP contribution is -2.66. The molecule has 1 saturated carbocycles. The highest BCUT2D eigenvalue weighted by atomic mass is 16.3. The molecule has 16 heavy (non-hydrogen) atoms. The molecular weight excluding hydrogens is 198 g/mol. The number of likely N-dealkylation sites (tertiary alicyclic amines) is 1. The minimum Gasteiger partial charge on any atom is -0.377 e. The lowest BCUT2D eigenvalue weighted by atomic mass is 9.61. The van der Waals surface area contributed by atoms with E-state index >= 15 is 0 Å². The van der Waals surface area contributed by atoms with Crippen LogP contribution in [0.25, 0.3) is 0 Å². The summed E-state index contributed by atoms with van der Waals surface area (Å²) in [5.41, 5.74) is -0.807. The first-order chi connectivity index (χ1) is 7.44. The van der Waals surface area contributed by atoms with Crippen LogP contribution in [-0.4, -0.2) is 34.2 Å². The molecule has 2 nitrogen and oxygen atoms in total. The number of hydrogen-bond acceptors (Lipinski definition) is 2. The van der Waals surface area contributed by atoms with Gasteiger partial charge in [-0.05, 0) is 33.7 Å². The molecule has 4 unspecified atom stereocenters. The Hall–Kier alpha value is -0.520. The summed E-state index contributed by atoms with van der Waals surface area (Å²) < 4.78 is 0. The van der Waals surface area contributed by atoms with E-state index in [2.05, 4.69) is 31.7 Å². The molecule has 0 radical (unpaired) electrons. The van der Waals surface area contributed by atoms with Crippen LogP contribution in [0.2, 0.25) is 0 Å². The topological polar surface area (TPSA) is 23.5 Å². The van der Waals surface area contributed by atoms with Gasteiger partial charge in [-0.25, -0.2) is 0 Å². The van der Waals surface area contributed by atoms with Crippen molar-refractivity contribution in [3.8, 4) is 12.3 Å². The summed E-state index contributed by atoms with van der Waals surface area (Å²) in [4.78, 5) is 2.43. The van der Waals surface area contributed by atoms with Crippen LogP contribution < -0.4 is 0 Å². The Labute approximate surface area is 99.0 Å². The van der Waals surface area contributed by atoms with Crippen LogP contribution in [0.15, 0.2) is 0 Å². The lowest BCUT2D eigenvalue weighted by molar-refractivity contribution is -0.136. The van der Waals surface area contributed by atoms with Gasteiger partial charge in [-0.3, -0.25) is 4.90 Å². The summed E-state index contributed by atoms with van der Waals surface area (Å²) in [6.45, 7) is 4.44. The quantitative estimate of drug-likeness (QED) is 0.633. The van der Waals surface area contributed by atoms with E-state index in [0.717, 1.165) is 12.8 Å². The molecule has 1 N–H and O–H groups in total. The maximum atomic E-state index is 10.7. The number of rotatable bonds is 0.